The van der Waals surface area contributed by atoms with Crippen LogP contribution in [0.3, 0.4) is 0 Å². The van der Waals surface area contributed by atoms with Crippen LogP contribution in [0, 0.1) is 17.8 Å². The number of rotatable bonds is 0. The molecule has 0 aromatic heterocycles. The summed E-state index contributed by atoms with van der Waals surface area (Å²) in [7, 11) is 0. The molecule has 0 N–H and O–H groups in total. The first kappa shape index (κ1) is 9.63. The molecule has 4 atom stereocenters. The first-order valence-electron chi connectivity index (χ1n) is 4.97. The molecule has 0 fully saturated rings. The van der Waals surface area contributed by atoms with Crippen molar-refractivity contribution in [1.29, 1.82) is 0 Å². The van der Waals surface area contributed by atoms with Crippen molar-refractivity contribution in [2.45, 2.75) is 20.0 Å². The first-order chi connectivity index (χ1) is 6.59. The van der Waals surface area contributed by atoms with Crippen LogP contribution >= 0.6 is 0 Å². The van der Waals surface area contributed by atoms with E-state index in [0.717, 1.165) is 5.57 Å². The summed E-state index contributed by atoms with van der Waals surface area (Å²) in [6, 6.07) is 0. The predicted molar refractivity (Wildman–Crippen MR) is 53.1 cm³/mol. The normalized spacial score (nSPS) is 41.4. The molecule has 2 rings (SSSR count). The fourth-order valence-electron chi connectivity index (χ4n) is 2.23. The maximum absolute atomic E-state index is 13.7. The highest BCUT2D eigenvalue weighted by Gasteiger charge is 2.38. The topological polar surface area (TPSA) is 0 Å². The molecule has 0 aromatic rings. The predicted octanol–water partition coefficient (Wildman–Crippen LogP) is 3.58. The van der Waals surface area contributed by atoms with E-state index in [1.807, 2.05) is 25.2 Å². The Morgan fingerprint density at radius 3 is 2.71 bits per heavy atom. The molecule has 0 aliphatic heterocycles. The van der Waals surface area contributed by atoms with Crippen molar-refractivity contribution in [3.63, 3.8) is 0 Å². The van der Waals surface area contributed by atoms with Crippen LogP contribution in [-0.4, -0.2) is 6.17 Å². The zero-order valence-electron chi connectivity index (χ0n) is 8.37. The van der Waals surface area contributed by atoms with Crippen LogP contribution in [0.15, 0.2) is 35.7 Å². The Hall–Kier alpha value is -0.920. The number of hydrogen-bond acceptors (Lipinski definition) is 0. The van der Waals surface area contributed by atoms with Crippen molar-refractivity contribution in [2.24, 2.45) is 17.8 Å². The van der Waals surface area contributed by atoms with Gasteiger partial charge in [0, 0.05) is 11.8 Å². The summed E-state index contributed by atoms with van der Waals surface area (Å²) in [4.78, 5) is 0. The van der Waals surface area contributed by atoms with Gasteiger partial charge in [0.15, 0.2) is 0 Å². The monoisotopic (exact) mass is 196 g/mol. The van der Waals surface area contributed by atoms with Gasteiger partial charge in [-0.15, -0.1) is 0 Å². The van der Waals surface area contributed by atoms with E-state index in [4.69, 9.17) is 0 Å². The van der Waals surface area contributed by atoms with Crippen molar-refractivity contribution in [2.75, 3.05) is 0 Å². The second kappa shape index (κ2) is 3.34. The van der Waals surface area contributed by atoms with Crippen LogP contribution in [0.5, 0.6) is 0 Å². The highest BCUT2D eigenvalue weighted by Crippen LogP contribution is 2.40. The molecule has 2 heteroatoms. The van der Waals surface area contributed by atoms with Gasteiger partial charge in [0.05, 0.1) is 5.92 Å². The van der Waals surface area contributed by atoms with Gasteiger partial charge >= 0.3 is 0 Å². The molecule has 76 valence electrons. The fourth-order valence-corrected chi connectivity index (χ4v) is 2.23. The third kappa shape index (κ3) is 1.43. The molecule has 0 saturated carbocycles. The van der Waals surface area contributed by atoms with E-state index in [-0.39, 0.29) is 17.7 Å². The van der Waals surface area contributed by atoms with Crippen LogP contribution in [0.25, 0.3) is 0 Å². The van der Waals surface area contributed by atoms with Gasteiger partial charge in [0.2, 0.25) is 0 Å². The minimum atomic E-state index is -1.09. The number of allylic oxidation sites excluding steroid dienone is 6. The van der Waals surface area contributed by atoms with Gasteiger partial charge in [-0.2, -0.15) is 0 Å². The van der Waals surface area contributed by atoms with Crippen molar-refractivity contribution in [3.8, 4) is 0 Å². The van der Waals surface area contributed by atoms with Crippen LogP contribution in [0.1, 0.15) is 13.8 Å². The second-order valence-electron chi connectivity index (χ2n) is 4.23. The molecule has 14 heavy (non-hydrogen) atoms. The minimum absolute atomic E-state index is 0.0915. The maximum Gasteiger partial charge on any atom is 0.116 e. The van der Waals surface area contributed by atoms with Gasteiger partial charge < -0.3 is 0 Å². The Labute approximate surface area is 83.0 Å². The SMILES string of the molecule is CC1=CC2C=CC(C)C(F)C2C(F)=C1. The molecule has 0 bridgehead atoms. The van der Waals surface area contributed by atoms with E-state index in [1.165, 1.54) is 6.08 Å². The molecular formula is C12H14F2. The molecule has 0 nitrogen and oxygen atoms in total. The smallest absolute Gasteiger partial charge is 0.116 e. The number of hydrogen-bond donors (Lipinski definition) is 0. The number of alkyl halides is 1. The van der Waals surface area contributed by atoms with Crippen molar-refractivity contribution in [3.05, 3.63) is 35.7 Å². The van der Waals surface area contributed by atoms with E-state index in [0.29, 0.717) is 0 Å². The lowest BCUT2D eigenvalue weighted by atomic mass is 9.74. The molecule has 4 unspecified atom stereocenters. The van der Waals surface area contributed by atoms with E-state index < -0.39 is 12.1 Å². The average Bonchev–Trinajstić information content (AvgIpc) is 2.10. The maximum atomic E-state index is 13.7. The summed E-state index contributed by atoms with van der Waals surface area (Å²) < 4.78 is 27.3. The molecule has 0 aromatic carbocycles. The van der Waals surface area contributed by atoms with E-state index in [9.17, 15) is 8.78 Å². The molecule has 0 heterocycles. The van der Waals surface area contributed by atoms with E-state index >= 15 is 0 Å². The Bertz CT molecular complexity index is 325. The van der Waals surface area contributed by atoms with Gasteiger partial charge in [-0.1, -0.05) is 30.7 Å². The highest BCUT2D eigenvalue weighted by atomic mass is 19.1. The minimum Gasteiger partial charge on any atom is -0.246 e. The lowest BCUT2D eigenvalue weighted by Crippen LogP contribution is -2.33. The summed E-state index contributed by atoms with van der Waals surface area (Å²) in [5, 5.41) is 0. The first-order valence-corrected chi connectivity index (χ1v) is 4.97. The molecule has 0 spiro atoms. The molecule has 2 aliphatic carbocycles. The van der Waals surface area contributed by atoms with Crippen molar-refractivity contribution >= 4 is 0 Å². The van der Waals surface area contributed by atoms with Crippen LogP contribution in [0.2, 0.25) is 0 Å². The van der Waals surface area contributed by atoms with Crippen LogP contribution in [-0.2, 0) is 0 Å². The third-order valence-corrected chi connectivity index (χ3v) is 3.04. The molecule has 0 amide bonds. The zero-order chi connectivity index (χ0) is 10.3. The molecule has 0 saturated heterocycles. The van der Waals surface area contributed by atoms with Gasteiger partial charge in [0.1, 0.15) is 12.0 Å². The Morgan fingerprint density at radius 2 is 2.00 bits per heavy atom. The summed E-state index contributed by atoms with van der Waals surface area (Å²) in [5.41, 5.74) is 0.884. The standard InChI is InChI=1S/C12H14F2/c1-7-5-9-4-3-8(2)12(14)11(9)10(13)6-7/h3-6,8-9,11-12H,1-2H3. The van der Waals surface area contributed by atoms with E-state index in [2.05, 4.69) is 0 Å². The van der Waals surface area contributed by atoms with Crippen molar-refractivity contribution in [1.82, 2.24) is 0 Å². The third-order valence-electron chi connectivity index (χ3n) is 3.04. The van der Waals surface area contributed by atoms with Gasteiger partial charge in [-0.3, -0.25) is 0 Å². The second-order valence-corrected chi connectivity index (χ2v) is 4.23. The van der Waals surface area contributed by atoms with Gasteiger partial charge in [0.25, 0.3) is 0 Å². The van der Waals surface area contributed by atoms with Crippen molar-refractivity contribution < 1.29 is 8.78 Å². The zero-order valence-corrected chi connectivity index (χ0v) is 8.37. The summed E-state index contributed by atoms with van der Waals surface area (Å²) in [5.74, 6) is -1.16. The lowest BCUT2D eigenvalue weighted by molar-refractivity contribution is 0.155. The Kier molecular flexibility index (Phi) is 2.30. The molecular weight excluding hydrogens is 182 g/mol. The molecule has 2 aliphatic rings. The Morgan fingerprint density at radius 1 is 1.29 bits per heavy atom. The highest BCUT2D eigenvalue weighted by molar-refractivity contribution is 5.32. The number of fused-ring (bicyclic) bond motifs is 1. The van der Waals surface area contributed by atoms with Gasteiger partial charge in [-0.05, 0) is 13.0 Å². The average molecular weight is 196 g/mol. The fraction of sp³-hybridized carbons (Fsp3) is 0.500. The van der Waals surface area contributed by atoms with Gasteiger partial charge in [-0.25, -0.2) is 8.78 Å². The van der Waals surface area contributed by atoms with Crippen LogP contribution in [0.4, 0.5) is 8.78 Å². The van der Waals surface area contributed by atoms with E-state index in [1.54, 1.807) is 6.92 Å². The molecule has 0 radical (unpaired) electrons. The summed E-state index contributed by atoms with van der Waals surface area (Å²) in [6.07, 6.45) is 6.04. The lowest BCUT2D eigenvalue weighted by Gasteiger charge is -2.33. The summed E-state index contributed by atoms with van der Waals surface area (Å²) >= 11 is 0. The number of halogens is 2. The Balaban J connectivity index is 2.36. The van der Waals surface area contributed by atoms with Crippen LogP contribution < -0.4 is 0 Å². The quantitative estimate of drug-likeness (QED) is 0.519. The summed E-state index contributed by atoms with van der Waals surface area (Å²) in [6.45, 7) is 3.63. The largest absolute Gasteiger partial charge is 0.246 e.